The number of hydrogen-bond acceptors (Lipinski definition) is 1. The second-order valence-electron chi connectivity index (χ2n) is 3.76. The molecule has 1 aliphatic carbocycles. The van der Waals surface area contributed by atoms with Crippen LogP contribution in [0.1, 0.15) is 39.5 Å². The molecular weight excluding hydrogens is 152 g/mol. The van der Waals surface area contributed by atoms with Crippen molar-refractivity contribution in [2.45, 2.75) is 57.7 Å². The fourth-order valence-electron chi connectivity index (χ4n) is 1.80. The van der Waals surface area contributed by atoms with E-state index in [4.69, 9.17) is 4.43 Å². The Hall–Kier alpha value is 0.177. The highest BCUT2D eigenvalue weighted by molar-refractivity contribution is 6.52. The molecule has 0 amide bonds. The summed E-state index contributed by atoms with van der Waals surface area (Å²) in [6.45, 7) is 6.60. The lowest BCUT2D eigenvalue weighted by molar-refractivity contribution is 0.238. The summed E-state index contributed by atoms with van der Waals surface area (Å²) in [5.74, 6) is 0. The molecule has 0 aromatic carbocycles. The van der Waals surface area contributed by atoms with Gasteiger partial charge < -0.3 is 4.43 Å². The first kappa shape index (κ1) is 9.27. The van der Waals surface area contributed by atoms with Crippen LogP contribution in [0.25, 0.3) is 0 Å². The van der Waals surface area contributed by atoms with Crippen molar-refractivity contribution in [2.24, 2.45) is 0 Å². The van der Waals surface area contributed by atoms with E-state index >= 15 is 0 Å². The lowest BCUT2D eigenvalue weighted by atomic mass is 10.4. The zero-order valence-electron chi connectivity index (χ0n) is 7.89. The molecule has 0 saturated heterocycles. The van der Waals surface area contributed by atoms with Gasteiger partial charge >= 0.3 is 0 Å². The van der Waals surface area contributed by atoms with Gasteiger partial charge in [0.2, 0.25) is 9.04 Å². The first-order valence-corrected chi connectivity index (χ1v) is 6.69. The minimum Gasteiger partial charge on any atom is -0.414 e. The van der Waals surface area contributed by atoms with Crippen molar-refractivity contribution in [3.63, 3.8) is 0 Å². The molecule has 0 bridgehead atoms. The number of rotatable bonds is 3. The third kappa shape index (κ3) is 2.95. The molecule has 11 heavy (non-hydrogen) atoms. The second kappa shape index (κ2) is 4.26. The highest BCUT2D eigenvalue weighted by Crippen LogP contribution is 2.33. The minimum absolute atomic E-state index is 0.439. The highest BCUT2D eigenvalue weighted by atomic mass is 28.3. The van der Waals surface area contributed by atoms with Crippen molar-refractivity contribution in [3.8, 4) is 0 Å². The molecule has 2 heteroatoms. The maximum Gasteiger partial charge on any atom is 0.211 e. The average Bonchev–Trinajstić information content (AvgIpc) is 2.35. The van der Waals surface area contributed by atoms with E-state index in [0.29, 0.717) is 6.10 Å². The minimum atomic E-state index is -0.467. The van der Waals surface area contributed by atoms with E-state index in [-0.39, 0.29) is 0 Å². The molecule has 0 spiro atoms. The van der Waals surface area contributed by atoms with Gasteiger partial charge in [-0.1, -0.05) is 25.7 Å². The Bertz CT molecular complexity index is 108. The molecule has 65 valence electrons. The topological polar surface area (TPSA) is 9.23 Å². The van der Waals surface area contributed by atoms with Gasteiger partial charge in [-0.05, 0) is 25.9 Å². The van der Waals surface area contributed by atoms with Crippen molar-refractivity contribution < 1.29 is 4.43 Å². The van der Waals surface area contributed by atoms with Crippen LogP contribution < -0.4 is 0 Å². The van der Waals surface area contributed by atoms with Gasteiger partial charge in [-0.15, -0.1) is 0 Å². The Kier molecular flexibility index (Phi) is 3.59. The highest BCUT2D eigenvalue weighted by Gasteiger charge is 2.24. The lowest BCUT2D eigenvalue weighted by Gasteiger charge is -2.19. The monoisotopic (exact) mass is 171 g/mol. The third-order valence-electron chi connectivity index (χ3n) is 2.35. The standard InChI is InChI=1S/C9H19OSi/c1-8(2)10-11(3)9-6-4-5-7-9/h8-9H,4-7H2,1-3H3. The maximum absolute atomic E-state index is 5.84. The Morgan fingerprint density at radius 2 is 1.82 bits per heavy atom. The van der Waals surface area contributed by atoms with Crippen LogP contribution in [-0.2, 0) is 4.43 Å². The normalized spacial score (nSPS) is 20.5. The molecule has 0 N–H and O–H groups in total. The summed E-state index contributed by atoms with van der Waals surface area (Å²) in [6, 6.07) is 0. The Morgan fingerprint density at radius 3 is 2.27 bits per heavy atom. The second-order valence-corrected chi connectivity index (χ2v) is 6.03. The van der Waals surface area contributed by atoms with E-state index in [9.17, 15) is 0 Å². The van der Waals surface area contributed by atoms with Crippen LogP contribution in [0, 0.1) is 0 Å². The van der Waals surface area contributed by atoms with Crippen molar-refractivity contribution in [1.29, 1.82) is 0 Å². The molecule has 1 saturated carbocycles. The van der Waals surface area contributed by atoms with Crippen LogP contribution in [0.5, 0.6) is 0 Å². The van der Waals surface area contributed by atoms with Gasteiger partial charge in [0.1, 0.15) is 0 Å². The molecule has 0 aromatic heterocycles. The molecule has 0 aromatic rings. The summed E-state index contributed by atoms with van der Waals surface area (Å²) >= 11 is 0. The van der Waals surface area contributed by atoms with Crippen molar-refractivity contribution in [2.75, 3.05) is 0 Å². The van der Waals surface area contributed by atoms with Crippen molar-refractivity contribution in [3.05, 3.63) is 0 Å². The Morgan fingerprint density at radius 1 is 1.27 bits per heavy atom. The van der Waals surface area contributed by atoms with Crippen LogP contribution in [0.4, 0.5) is 0 Å². The summed E-state index contributed by atoms with van der Waals surface area (Å²) in [6.07, 6.45) is 6.17. The first-order valence-electron chi connectivity index (χ1n) is 4.70. The predicted molar refractivity (Wildman–Crippen MR) is 50.1 cm³/mol. The van der Waals surface area contributed by atoms with Gasteiger partial charge in [0.25, 0.3) is 0 Å². The molecule has 1 nitrogen and oxygen atoms in total. The molecule has 0 unspecified atom stereocenters. The van der Waals surface area contributed by atoms with Gasteiger partial charge in [0.05, 0.1) is 0 Å². The smallest absolute Gasteiger partial charge is 0.211 e. The zero-order chi connectivity index (χ0) is 8.27. The van der Waals surface area contributed by atoms with Crippen molar-refractivity contribution in [1.82, 2.24) is 0 Å². The van der Waals surface area contributed by atoms with E-state index in [0.717, 1.165) is 5.54 Å². The fraction of sp³-hybridized carbons (Fsp3) is 1.00. The molecular formula is C9H19OSi. The van der Waals surface area contributed by atoms with E-state index in [1.165, 1.54) is 25.7 Å². The molecule has 1 radical (unpaired) electrons. The lowest BCUT2D eigenvalue weighted by Crippen LogP contribution is -2.23. The van der Waals surface area contributed by atoms with Gasteiger partial charge in [-0.3, -0.25) is 0 Å². The largest absolute Gasteiger partial charge is 0.414 e. The Balaban J connectivity index is 2.22. The van der Waals surface area contributed by atoms with Gasteiger partial charge in [0.15, 0.2) is 0 Å². The molecule has 1 fully saturated rings. The zero-order valence-corrected chi connectivity index (χ0v) is 8.89. The van der Waals surface area contributed by atoms with Gasteiger partial charge in [-0.25, -0.2) is 0 Å². The molecule has 1 aliphatic rings. The summed E-state index contributed by atoms with van der Waals surface area (Å²) < 4.78 is 5.84. The quantitative estimate of drug-likeness (QED) is 0.593. The Labute approximate surface area is 71.9 Å². The SMILES string of the molecule is CC(C)O[Si](C)C1CCCC1. The predicted octanol–water partition coefficient (Wildman–Crippen LogP) is 2.98. The summed E-state index contributed by atoms with van der Waals surface area (Å²) in [5, 5.41) is 0. The summed E-state index contributed by atoms with van der Waals surface area (Å²) in [7, 11) is -0.467. The van der Waals surface area contributed by atoms with Crippen LogP contribution in [0.15, 0.2) is 0 Å². The first-order chi connectivity index (χ1) is 5.20. The van der Waals surface area contributed by atoms with E-state index in [1.54, 1.807) is 0 Å². The van der Waals surface area contributed by atoms with Gasteiger partial charge in [-0.2, -0.15) is 0 Å². The van der Waals surface area contributed by atoms with Gasteiger partial charge in [0, 0.05) is 6.10 Å². The maximum atomic E-state index is 5.84. The van der Waals surface area contributed by atoms with E-state index in [2.05, 4.69) is 20.4 Å². The third-order valence-corrected chi connectivity index (χ3v) is 4.92. The van der Waals surface area contributed by atoms with Crippen LogP contribution in [0.2, 0.25) is 12.1 Å². The molecule has 1 rings (SSSR count). The molecule has 0 atom stereocenters. The molecule has 0 heterocycles. The van der Waals surface area contributed by atoms with Crippen LogP contribution in [-0.4, -0.2) is 15.1 Å². The van der Waals surface area contributed by atoms with Crippen LogP contribution in [0.3, 0.4) is 0 Å². The van der Waals surface area contributed by atoms with E-state index in [1.807, 2.05) is 0 Å². The summed E-state index contributed by atoms with van der Waals surface area (Å²) in [4.78, 5) is 0. The summed E-state index contributed by atoms with van der Waals surface area (Å²) in [5.41, 5.74) is 0.947. The number of hydrogen-bond donors (Lipinski definition) is 0. The molecule has 0 aliphatic heterocycles. The van der Waals surface area contributed by atoms with Crippen molar-refractivity contribution >= 4 is 9.04 Å². The van der Waals surface area contributed by atoms with Crippen LogP contribution >= 0.6 is 0 Å². The van der Waals surface area contributed by atoms with E-state index < -0.39 is 9.04 Å². The average molecular weight is 171 g/mol. The fourth-order valence-corrected chi connectivity index (χ4v) is 3.96.